The zero-order valence-corrected chi connectivity index (χ0v) is 13.8. The Hall–Kier alpha value is -2.17. The molecule has 0 spiro atoms. The summed E-state index contributed by atoms with van der Waals surface area (Å²) in [4.78, 5) is 16.3. The Morgan fingerprint density at radius 2 is 2.22 bits per heavy atom. The van der Waals surface area contributed by atoms with Gasteiger partial charge in [-0.15, -0.1) is 0 Å². The van der Waals surface area contributed by atoms with Crippen LogP contribution in [0.25, 0.3) is 0 Å². The van der Waals surface area contributed by atoms with Crippen molar-refractivity contribution in [3.63, 3.8) is 0 Å². The van der Waals surface area contributed by atoms with E-state index in [2.05, 4.69) is 28.4 Å². The van der Waals surface area contributed by atoms with Gasteiger partial charge >= 0.3 is 0 Å². The number of nitrogens with one attached hydrogen (secondary N) is 1. The summed E-state index contributed by atoms with van der Waals surface area (Å²) in [6.45, 7) is 4.83. The van der Waals surface area contributed by atoms with Gasteiger partial charge in [0.25, 0.3) is 0 Å². The third kappa shape index (κ3) is 4.65. The molecule has 1 N–H and O–H groups in total. The van der Waals surface area contributed by atoms with Crippen LogP contribution >= 0.6 is 0 Å². The Morgan fingerprint density at radius 1 is 1.39 bits per heavy atom. The van der Waals surface area contributed by atoms with Gasteiger partial charge in [0.2, 0.25) is 11.8 Å². The quantitative estimate of drug-likeness (QED) is 0.853. The minimum absolute atomic E-state index is 0.0898. The number of benzene rings is 1. The topological polar surface area (TPSA) is 68.0 Å². The molecular formula is C18H23N3O2. The second-order valence-corrected chi connectivity index (χ2v) is 6.86. The van der Waals surface area contributed by atoms with E-state index in [9.17, 15) is 4.79 Å². The van der Waals surface area contributed by atoms with Crippen LogP contribution < -0.4 is 5.32 Å². The van der Waals surface area contributed by atoms with E-state index in [0.717, 1.165) is 18.4 Å². The first kappa shape index (κ1) is 15.7. The second-order valence-electron chi connectivity index (χ2n) is 6.86. The predicted octanol–water partition coefficient (Wildman–Crippen LogP) is 2.97. The molecule has 1 fully saturated rings. The average Bonchev–Trinajstić information content (AvgIpc) is 3.09. The molecule has 0 saturated heterocycles. The number of hydrogen-bond donors (Lipinski definition) is 1. The monoisotopic (exact) mass is 313 g/mol. The minimum Gasteiger partial charge on any atom is -0.352 e. The SMILES string of the molecule is Cc1cccc(CNC(=O)Cc2noc(CCC3(C)CC3)n2)c1. The van der Waals surface area contributed by atoms with E-state index in [1.165, 1.54) is 18.4 Å². The van der Waals surface area contributed by atoms with Crippen molar-refractivity contribution >= 4 is 5.91 Å². The molecule has 122 valence electrons. The van der Waals surface area contributed by atoms with Crippen molar-refractivity contribution in [1.29, 1.82) is 0 Å². The zero-order valence-electron chi connectivity index (χ0n) is 13.8. The molecule has 0 aliphatic heterocycles. The third-order valence-corrected chi connectivity index (χ3v) is 4.45. The van der Waals surface area contributed by atoms with Crippen LogP contribution in [0.15, 0.2) is 28.8 Å². The molecule has 1 aromatic carbocycles. The van der Waals surface area contributed by atoms with Crippen molar-refractivity contribution in [3.05, 3.63) is 47.1 Å². The zero-order chi connectivity index (χ0) is 16.3. The second kappa shape index (κ2) is 6.52. The number of nitrogens with zero attached hydrogens (tertiary/aromatic N) is 2. The molecule has 5 nitrogen and oxygen atoms in total. The van der Waals surface area contributed by atoms with Crippen molar-refractivity contribution in [2.24, 2.45) is 5.41 Å². The molecule has 1 amide bonds. The Kier molecular flexibility index (Phi) is 4.46. The van der Waals surface area contributed by atoms with Crippen LogP contribution in [0.1, 0.15) is 49.0 Å². The fourth-order valence-corrected chi connectivity index (χ4v) is 2.56. The maximum atomic E-state index is 12.0. The molecule has 0 bridgehead atoms. The van der Waals surface area contributed by atoms with Gasteiger partial charge in [-0.05, 0) is 37.2 Å². The number of aryl methyl sites for hydroxylation is 2. The van der Waals surface area contributed by atoms with Crippen molar-refractivity contribution in [1.82, 2.24) is 15.5 Å². The average molecular weight is 313 g/mol. The summed E-state index contributed by atoms with van der Waals surface area (Å²) < 4.78 is 5.23. The molecule has 1 aliphatic rings. The van der Waals surface area contributed by atoms with Gasteiger partial charge < -0.3 is 9.84 Å². The van der Waals surface area contributed by atoms with E-state index in [4.69, 9.17) is 4.52 Å². The van der Waals surface area contributed by atoms with Crippen molar-refractivity contribution < 1.29 is 9.32 Å². The molecule has 1 aromatic heterocycles. The Bertz CT molecular complexity index is 689. The Morgan fingerprint density at radius 3 is 2.96 bits per heavy atom. The van der Waals surface area contributed by atoms with Crippen LogP contribution in [0, 0.1) is 12.3 Å². The molecule has 1 aliphatic carbocycles. The molecule has 5 heteroatoms. The van der Waals surface area contributed by atoms with Gasteiger partial charge in [-0.25, -0.2) is 0 Å². The lowest BCUT2D eigenvalue weighted by atomic mass is 10.0. The minimum atomic E-state index is -0.0898. The van der Waals surface area contributed by atoms with Crippen molar-refractivity contribution in [2.75, 3.05) is 0 Å². The molecule has 0 atom stereocenters. The molecule has 0 unspecified atom stereocenters. The summed E-state index contributed by atoms with van der Waals surface area (Å²) in [5, 5.41) is 6.79. The largest absolute Gasteiger partial charge is 0.352 e. The summed E-state index contributed by atoms with van der Waals surface area (Å²) in [7, 11) is 0. The van der Waals surface area contributed by atoms with Crippen LogP contribution in [0.2, 0.25) is 0 Å². The summed E-state index contributed by atoms with van der Waals surface area (Å²) in [5.41, 5.74) is 2.74. The fourth-order valence-electron chi connectivity index (χ4n) is 2.56. The summed E-state index contributed by atoms with van der Waals surface area (Å²) in [6.07, 6.45) is 4.61. The highest BCUT2D eigenvalue weighted by molar-refractivity contribution is 5.77. The van der Waals surface area contributed by atoms with E-state index in [1.54, 1.807) is 0 Å². The standard InChI is InChI=1S/C18H23N3O2/c1-13-4-3-5-14(10-13)12-19-16(22)11-15-20-17(23-21-15)6-7-18(2)8-9-18/h3-5,10H,6-9,11-12H2,1-2H3,(H,19,22). The van der Waals surface area contributed by atoms with Gasteiger partial charge in [0.1, 0.15) is 0 Å². The van der Waals surface area contributed by atoms with Gasteiger partial charge in [0, 0.05) is 13.0 Å². The molecule has 0 radical (unpaired) electrons. The van der Waals surface area contributed by atoms with E-state index >= 15 is 0 Å². The lowest BCUT2D eigenvalue weighted by molar-refractivity contribution is -0.120. The van der Waals surface area contributed by atoms with Crippen molar-refractivity contribution in [3.8, 4) is 0 Å². The highest BCUT2D eigenvalue weighted by Crippen LogP contribution is 2.48. The molecule has 3 rings (SSSR count). The number of carbonyl (C=O) groups is 1. The smallest absolute Gasteiger partial charge is 0.228 e. The summed E-state index contributed by atoms with van der Waals surface area (Å²) in [6, 6.07) is 8.08. The van der Waals surface area contributed by atoms with Crippen LogP contribution in [0.3, 0.4) is 0 Å². The van der Waals surface area contributed by atoms with Crippen LogP contribution in [0.4, 0.5) is 0 Å². The highest BCUT2D eigenvalue weighted by Gasteiger charge is 2.36. The van der Waals surface area contributed by atoms with Crippen molar-refractivity contribution in [2.45, 2.75) is 52.5 Å². The number of hydrogen-bond acceptors (Lipinski definition) is 4. The maximum Gasteiger partial charge on any atom is 0.228 e. The maximum absolute atomic E-state index is 12.0. The Labute approximate surface area is 136 Å². The van der Waals surface area contributed by atoms with E-state index in [0.29, 0.717) is 23.7 Å². The molecular weight excluding hydrogens is 290 g/mol. The first-order chi connectivity index (χ1) is 11.0. The first-order valence-electron chi connectivity index (χ1n) is 8.16. The van der Waals surface area contributed by atoms with Gasteiger partial charge in [-0.1, -0.05) is 41.9 Å². The molecule has 1 saturated carbocycles. The van der Waals surface area contributed by atoms with Gasteiger partial charge in [0.15, 0.2) is 5.82 Å². The third-order valence-electron chi connectivity index (χ3n) is 4.45. The van der Waals surface area contributed by atoms with Crippen LogP contribution in [-0.4, -0.2) is 16.0 Å². The fraction of sp³-hybridized carbons (Fsp3) is 0.500. The Balaban J connectivity index is 1.45. The molecule has 23 heavy (non-hydrogen) atoms. The van der Waals surface area contributed by atoms with E-state index in [1.807, 2.05) is 25.1 Å². The van der Waals surface area contributed by atoms with Crippen LogP contribution in [-0.2, 0) is 24.2 Å². The lowest BCUT2D eigenvalue weighted by Gasteiger charge is -2.04. The summed E-state index contributed by atoms with van der Waals surface area (Å²) >= 11 is 0. The van der Waals surface area contributed by atoms with E-state index < -0.39 is 0 Å². The lowest BCUT2D eigenvalue weighted by Crippen LogP contribution is -2.25. The van der Waals surface area contributed by atoms with Gasteiger partial charge in [-0.2, -0.15) is 4.98 Å². The molecule has 2 aromatic rings. The van der Waals surface area contributed by atoms with Gasteiger partial charge in [-0.3, -0.25) is 4.79 Å². The van der Waals surface area contributed by atoms with E-state index in [-0.39, 0.29) is 12.3 Å². The van der Waals surface area contributed by atoms with Gasteiger partial charge in [0.05, 0.1) is 6.42 Å². The van der Waals surface area contributed by atoms with Crippen LogP contribution in [0.5, 0.6) is 0 Å². The number of rotatable bonds is 7. The first-order valence-corrected chi connectivity index (χ1v) is 8.16. The highest BCUT2D eigenvalue weighted by atomic mass is 16.5. The summed E-state index contributed by atoms with van der Waals surface area (Å²) in [5.74, 6) is 1.01. The number of aromatic nitrogens is 2. The predicted molar refractivity (Wildman–Crippen MR) is 86.7 cm³/mol. The molecule has 1 heterocycles. The normalized spacial score (nSPS) is 15.4. The number of amides is 1. The number of carbonyl (C=O) groups excluding carboxylic acids is 1.